The van der Waals surface area contributed by atoms with Crippen molar-refractivity contribution in [3.63, 3.8) is 0 Å². The first-order valence-electron chi connectivity index (χ1n) is 8.65. The summed E-state index contributed by atoms with van der Waals surface area (Å²) in [5.41, 5.74) is -1.92. The molecular weight excluding hydrogens is 452 g/mol. The van der Waals surface area contributed by atoms with Crippen LogP contribution in [0.5, 0.6) is 0 Å². The summed E-state index contributed by atoms with van der Waals surface area (Å²) in [6.45, 7) is -0.948. The number of halogens is 2. The van der Waals surface area contributed by atoms with Crippen molar-refractivity contribution >= 4 is 31.8 Å². The summed E-state index contributed by atoms with van der Waals surface area (Å²) in [7, 11) is -9.14. The fraction of sp³-hybridized carbons (Fsp3) is 0.100. The molecule has 3 rings (SSSR count). The lowest BCUT2D eigenvalue weighted by Crippen LogP contribution is -2.40. The highest BCUT2D eigenvalue weighted by atomic mass is 32.3. The van der Waals surface area contributed by atoms with Gasteiger partial charge in [0.25, 0.3) is 20.0 Å². The van der Waals surface area contributed by atoms with Crippen LogP contribution >= 0.6 is 11.8 Å². The quantitative estimate of drug-likeness (QED) is 0.460. The summed E-state index contributed by atoms with van der Waals surface area (Å²) in [6.07, 6.45) is 0. The fourth-order valence-electron chi connectivity index (χ4n) is 2.56. The molecule has 0 radical (unpaired) electrons. The van der Waals surface area contributed by atoms with E-state index in [-0.39, 0.29) is 13.5 Å². The van der Waals surface area contributed by atoms with E-state index in [1.54, 1.807) is 12.1 Å². The van der Waals surface area contributed by atoms with Crippen molar-refractivity contribution in [1.29, 1.82) is 0 Å². The number of hydrogen-bond donors (Lipinski definition) is 0. The molecule has 0 N–H and O–H groups in total. The summed E-state index contributed by atoms with van der Waals surface area (Å²) in [5.74, 6) is -0.505. The molecule has 10 heteroatoms. The molecule has 1 unspecified atom stereocenters. The minimum Gasteiger partial charge on any atom is -0.234 e. The van der Waals surface area contributed by atoms with Crippen molar-refractivity contribution in [2.75, 3.05) is 6.54 Å². The van der Waals surface area contributed by atoms with Crippen LogP contribution in [0.4, 0.5) is 8.78 Å². The minimum absolute atomic E-state index is 0.172. The van der Waals surface area contributed by atoms with Crippen LogP contribution in [-0.2, 0) is 20.0 Å². The number of hydrogen-bond acceptors (Lipinski definition) is 5. The van der Waals surface area contributed by atoms with Crippen molar-refractivity contribution in [3.05, 3.63) is 90.7 Å². The third-order valence-corrected chi connectivity index (χ3v) is 9.22. The molecule has 0 saturated carbocycles. The average molecular weight is 470 g/mol. The smallest absolute Gasteiger partial charge is 0.234 e. The first-order valence-corrected chi connectivity index (χ1v) is 12.4. The number of sulfonamides is 2. The van der Waals surface area contributed by atoms with Gasteiger partial charge in [-0.15, -0.1) is 0 Å². The molecule has 30 heavy (non-hydrogen) atoms. The summed E-state index contributed by atoms with van der Waals surface area (Å²) in [5, 5.41) is 0. The van der Waals surface area contributed by atoms with Gasteiger partial charge in [0.1, 0.15) is 5.82 Å². The standard InChI is InChI=1S/C20H17F2NO4S3/c21-16-11-13-17(14-12-16)28-20(22)15-23(29(24,25)18-7-3-1-4-8-18)30(26,27)19-9-5-2-6-10-19/h1-14,20H,15H2. The van der Waals surface area contributed by atoms with E-state index in [0.717, 1.165) is 12.1 Å². The van der Waals surface area contributed by atoms with Crippen LogP contribution in [0, 0.1) is 5.82 Å². The highest BCUT2D eigenvalue weighted by Crippen LogP contribution is 2.30. The van der Waals surface area contributed by atoms with E-state index in [4.69, 9.17) is 0 Å². The van der Waals surface area contributed by atoms with Gasteiger partial charge in [0.15, 0.2) is 5.50 Å². The molecule has 158 valence electrons. The topological polar surface area (TPSA) is 71.5 Å². The molecule has 0 aliphatic carbocycles. The largest absolute Gasteiger partial charge is 0.256 e. The van der Waals surface area contributed by atoms with E-state index in [9.17, 15) is 25.6 Å². The first-order chi connectivity index (χ1) is 14.2. The normalized spacial score (nSPS) is 13.3. The van der Waals surface area contributed by atoms with E-state index in [1.807, 2.05) is 0 Å². The molecule has 0 fully saturated rings. The maximum absolute atomic E-state index is 14.8. The van der Waals surface area contributed by atoms with E-state index in [0.29, 0.717) is 16.7 Å². The molecule has 1 atom stereocenters. The Hall–Kier alpha value is -2.27. The molecule has 0 amide bonds. The second-order valence-electron chi connectivity index (χ2n) is 6.07. The summed E-state index contributed by atoms with van der Waals surface area (Å²) < 4.78 is 80.5. The summed E-state index contributed by atoms with van der Waals surface area (Å²) in [6, 6.07) is 18.8. The number of benzene rings is 3. The van der Waals surface area contributed by atoms with Crippen LogP contribution in [0.3, 0.4) is 0 Å². The fourth-order valence-corrected chi connectivity index (χ4v) is 7.24. The zero-order chi connectivity index (χ0) is 21.8. The van der Waals surface area contributed by atoms with Crippen LogP contribution < -0.4 is 0 Å². The maximum atomic E-state index is 14.8. The van der Waals surface area contributed by atoms with Crippen molar-refractivity contribution < 1.29 is 25.6 Å². The Morgan fingerprint density at radius 2 is 1.17 bits per heavy atom. The molecule has 0 saturated heterocycles. The van der Waals surface area contributed by atoms with Gasteiger partial charge in [-0.25, -0.2) is 25.6 Å². The van der Waals surface area contributed by atoms with Crippen LogP contribution in [0.15, 0.2) is 99.6 Å². The summed E-state index contributed by atoms with van der Waals surface area (Å²) in [4.78, 5) is -0.218. The number of alkyl halides is 1. The lowest BCUT2D eigenvalue weighted by molar-refractivity contribution is 0.394. The minimum atomic E-state index is -4.57. The second kappa shape index (κ2) is 9.25. The van der Waals surface area contributed by atoms with Gasteiger partial charge in [-0.1, -0.05) is 51.9 Å². The number of thioether (sulfide) groups is 1. The van der Waals surface area contributed by atoms with Crippen LogP contribution in [0.2, 0.25) is 0 Å². The maximum Gasteiger partial charge on any atom is 0.256 e. The SMILES string of the molecule is O=S(=O)(c1ccccc1)N(CC(F)Sc1ccc(F)cc1)S(=O)(=O)c1ccccc1. The van der Waals surface area contributed by atoms with Gasteiger partial charge in [0.05, 0.1) is 16.3 Å². The third kappa shape index (κ3) is 5.07. The number of nitrogens with zero attached hydrogens (tertiary/aromatic N) is 1. The van der Waals surface area contributed by atoms with Crippen molar-refractivity contribution in [2.24, 2.45) is 0 Å². The Bertz CT molecular complexity index is 1120. The van der Waals surface area contributed by atoms with Crippen LogP contribution in [-0.4, -0.2) is 32.6 Å². The Morgan fingerprint density at radius 1 is 0.733 bits per heavy atom. The van der Waals surface area contributed by atoms with E-state index < -0.39 is 37.9 Å². The molecule has 0 aliphatic rings. The lowest BCUT2D eigenvalue weighted by atomic mass is 10.4. The first kappa shape index (κ1) is 22.4. The van der Waals surface area contributed by atoms with E-state index in [2.05, 4.69) is 0 Å². The van der Waals surface area contributed by atoms with Crippen molar-refractivity contribution in [2.45, 2.75) is 20.2 Å². The predicted octanol–water partition coefficient (Wildman–Crippen LogP) is 4.29. The van der Waals surface area contributed by atoms with Gasteiger partial charge in [-0.05, 0) is 48.5 Å². The van der Waals surface area contributed by atoms with Crippen LogP contribution in [0.25, 0.3) is 0 Å². The Morgan fingerprint density at radius 3 is 1.60 bits per heavy atom. The van der Waals surface area contributed by atoms with E-state index >= 15 is 0 Å². The molecule has 3 aromatic carbocycles. The van der Waals surface area contributed by atoms with E-state index in [1.165, 1.54) is 60.7 Å². The predicted molar refractivity (Wildman–Crippen MR) is 111 cm³/mol. The van der Waals surface area contributed by atoms with Crippen molar-refractivity contribution in [1.82, 2.24) is 3.71 Å². The highest BCUT2D eigenvalue weighted by Gasteiger charge is 2.38. The van der Waals surface area contributed by atoms with Gasteiger partial charge < -0.3 is 0 Å². The highest BCUT2D eigenvalue weighted by molar-refractivity contribution is 8.04. The molecule has 0 aromatic heterocycles. The molecule has 5 nitrogen and oxygen atoms in total. The van der Waals surface area contributed by atoms with Gasteiger partial charge >= 0.3 is 0 Å². The average Bonchev–Trinajstić information content (AvgIpc) is 2.75. The van der Waals surface area contributed by atoms with Gasteiger partial charge in [0.2, 0.25) is 0 Å². The second-order valence-corrected chi connectivity index (χ2v) is 11.2. The Labute approximate surface area is 178 Å². The molecule has 3 aromatic rings. The monoisotopic (exact) mass is 469 g/mol. The third-order valence-electron chi connectivity index (χ3n) is 3.99. The van der Waals surface area contributed by atoms with Crippen LogP contribution in [0.1, 0.15) is 0 Å². The molecule has 0 bridgehead atoms. The molecule has 0 aliphatic heterocycles. The zero-order valence-electron chi connectivity index (χ0n) is 15.4. The molecular formula is C20H17F2NO4S3. The lowest BCUT2D eigenvalue weighted by Gasteiger charge is -2.23. The summed E-state index contributed by atoms with van der Waals surface area (Å²) >= 11 is 0.599. The molecule has 0 heterocycles. The van der Waals surface area contributed by atoms with Gasteiger partial charge in [0, 0.05) is 4.90 Å². The van der Waals surface area contributed by atoms with Gasteiger partial charge in [-0.3, -0.25) is 0 Å². The Balaban J connectivity index is 1.98. The van der Waals surface area contributed by atoms with Gasteiger partial charge in [-0.2, -0.15) is 0 Å². The van der Waals surface area contributed by atoms with Crippen molar-refractivity contribution in [3.8, 4) is 0 Å². The number of rotatable bonds is 8. The zero-order valence-corrected chi connectivity index (χ0v) is 17.9. The Kier molecular flexibility index (Phi) is 6.91. The molecule has 0 spiro atoms.